The average Bonchev–Trinajstić information content (AvgIpc) is 2.53. The highest BCUT2D eigenvalue weighted by Crippen LogP contribution is 2.24. The molecule has 18 heavy (non-hydrogen) atoms. The predicted octanol–water partition coefficient (Wildman–Crippen LogP) is 0.633. The first-order valence-electron chi connectivity index (χ1n) is 5.56. The van der Waals surface area contributed by atoms with Crippen molar-refractivity contribution in [3.05, 3.63) is 29.3 Å². The maximum Gasteiger partial charge on any atom is 0.261 e. The van der Waals surface area contributed by atoms with Gasteiger partial charge in [0.25, 0.3) is 11.8 Å². The van der Waals surface area contributed by atoms with Gasteiger partial charge in [-0.1, -0.05) is 0 Å². The lowest BCUT2D eigenvalue weighted by atomic mass is 10.1. The van der Waals surface area contributed by atoms with E-state index in [1.165, 1.54) is 11.0 Å². The number of carbonyl (C=O) groups is 2. The van der Waals surface area contributed by atoms with Gasteiger partial charge in [-0.25, -0.2) is 0 Å². The number of anilines is 1. The number of rotatable bonds is 4. The van der Waals surface area contributed by atoms with Gasteiger partial charge in [0.05, 0.1) is 11.1 Å². The zero-order valence-corrected chi connectivity index (χ0v) is 10.8. The number of nitrogen functional groups attached to an aromatic ring is 1. The van der Waals surface area contributed by atoms with Crippen molar-refractivity contribution in [1.82, 2.24) is 4.90 Å². The Labute approximate surface area is 107 Å². The number of carbonyl (C=O) groups excluding carboxylic acids is 2. The van der Waals surface area contributed by atoms with Crippen molar-refractivity contribution in [3.8, 4) is 0 Å². The molecule has 2 N–H and O–H groups in total. The van der Waals surface area contributed by atoms with Crippen LogP contribution < -0.4 is 5.73 Å². The molecular weight excluding hydrogens is 252 g/mol. The van der Waals surface area contributed by atoms with Gasteiger partial charge in [-0.2, -0.15) is 0 Å². The molecule has 0 radical (unpaired) electrons. The summed E-state index contributed by atoms with van der Waals surface area (Å²) in [7, 11) is -0.911. The van der Waals surface area contributed by atoms with Crippen molar-refractivity contribution in [2.24, 2.45) is 0 Å². The van der Waals surface area contributed by atoms with Crippen LogP contribution in [0, 0.1) is 0 Å². The lowest BCUT2D eigenvalue weighted by Gasteiger charge is -2.12. The number of hydrogen-bond donors (Lipinski definition) is 1. The number of hydrogen-bond acceptors (Lipinski definition) is 4. The molecule has 0 bridgehead atoms. The molecule has 5 nitrogen and oxygen atoms in total. The van der Waals surface area contributed by atoms with Gasteiger partial charge in [0.1, 0.15) is 0 Å². The fourth-order valence-electron chi connectivity index (χ4n) is 1.94. The van der Waals surface area contributed by atoms with E-state index in [1.807, 2.05) is 0 Å². The molecule has 2 rings (SSSR count). The normalized spacial score (nSPS) is 15.9. The van der Waals surface area contributed by atoms with E-state index in [2.05, 4.69) is 0 Å². The third-order valence-corrected chi connectivity index (χ3v) is 3.67. The molecule has 0 saturated carbocycles. The van der Waals surface area contributed by atoms with E-state index >= 15 is 0 Å². The van der Waals surface area contributed by atoms with Crippen LogP contribution in [0.3, 0.4) is 0 Å². The molecule has 1 aliphatic rings. The fourth-order valence-corrected chi connectivity index (χ4v) is 2.47. The smallest absolute Gasteiger partial charge is 0.261 e. The summed E-state index contributed by atoms with van der Waals surface area (Å²) in [5, 5.41) is 0. The third kappa shape index (κ3) is 2.28. The molecule has 0 aromatic heterocycles. The minimum Gasteiger partial charge on any atom is -0.399 e. The Bertz CT molecular complexity index is 542. The van der Waals surface area contributed by atoms with E-state index < -0.39 is 10.8 Å². The molecule has 6 heteroatoms. The molecule has 1 aromatic rings. The lowest BCUT2D eigenvalue weighted by molar-refractivity contribution is 0.0654. The van der Waals surface area contributed by atoms with Gasteiger partial charge in [0.15, 0.2) is 0 Å². The summed E-state index contributed by atoms with van der Waals surface area (Å²) in [6, 6.07) is 4.70. The second kappa shape index (κ2) is 4.89. The van der Waals surface area contributed by atoms with Crippen molar-refractivity contribution in [2.75, 3.05) is 24.3 Å². The van der Waals surface area contributed by atoms with Gasteiger partial charge in [-0.05, 0) is 24.6 Å². The van der Waals surface area contributed by atoms with Crippen molar-refractivity contribution in [1.29, 1.82) is 0 Å². The number of nitrogens with zero attached hydrogens (tertiary/aromatic N) is 1. The number of fused-ring (bicyclic) bond motifs is 1. The summed E-state index contributed by atoms with van der Waals surface area (Å²) >= 11 is 0. The monoisotopic (exact) mass is 266 g/mol. The summed E-state index contributed by atoms with van der Waals surface area (Å²) in [6.45, 7) is 0.297. The van der Waals surface area contributed by atoms with Crippen LogP contribution >= 0.6 is 0 Å². The Balaban J connectivity index is 2.15. The Kier molecular flexibility index (Phi) is 3.47. The second-order valence-electron chi connectivity index (χ2n) is 4.20. The first-order chi connectivity index (χ1) is 8.50. The van der Waals surface area contributed by atoms with E-state index in [9.17, 15) is 13.8 Å². The van der Waals surface area contributed by atoms with Crippen molar-refractivity contribution in [2.45, 2.75) is 6.42 Å². The van der Waals surface area contributed by atoms with Gasteiger partial charge >= 0.3 is 0 Å². The SMILES string of the molecule is CS(=O)CCCN1C(=O)c2ccc(N)cc2C1=O. The summed E-state index contributed by atoms with van der Waals surface area (Å²) in [6.07, 6.45) is 2.15. The highest BCUT2D eigenvalue weighted by Gasteiger charge is 2.34. The van der Waals surface area contributed by atoms with E-state index in [0.29, 0.717) is 35.5 Å². The Morgan fingerprint density at radius 1 is 1.22 bits per heavy atom. The Morgan fingerprint density at radius 3 is 2.56 bits per heavy atom. The van der Waals surface area contributed by atoms with Crippen LogP contribution in [0.2, 0.25) is 0 Å². The van der Waals surface area contributed by atoms with Crippen molar-refractivity contribution in [3.63, 3.8) is 0 Å². The minimum absolute atomic E-state index is 0.295. The minimum atomic E-state index is -0.911. The summed E-state index contributed by atoms with van der Waals surface area (Å²) < 4.78 is 10.9. The fraction of sp³-hybridized carbons (Fsp3) is 0.333. The number of benzene rings is 1. The topological polar surface area (TPSA) is 80.5 Å². The van der Waals surface area contributed by atoms with Gasteiger partial charge in [0.2, 0.25) is 0 Å². The molecule has 2 amide bonds. The summed E-state index contributed by atoms with van der Waals surface area (Å²) in [5.74, 6) is -0.128. The van der Waals surface area contributed by atoms with E-state index in [-0.39, 0.29) is 11.8 Å². The highest BCUT2D eigenvalue weighted by molar-refractivity contribution is 7.84. The molecule has 1 aromatic carbocycles. The molecule has 0 aliphatic carbocycles. The third-order valence-electron chi connectivity index (χ3n) is 2.81. The van der Waals surface area contributed by atoms with Crippen LogP contribution in [0.5, 0.6) is 0 Å². The van der Waals surface area contributed by atoms with Gasteiger partial charge in [-0.3, -0.25) is 18.7 Å². The standard InChI is InChI=1S/C12H14N2O3S/c1-18(17)6-2-5-14-11(15)9-4-3-8(13)7-10(9)12(14)16/h3-4,7H,2,5-6,13H2,1H3. The maximum atomic E-state index is 12.0. The summed E-state index contributed by atoms with van der Waals surface area (Å²) in [5.41, 5.74) is 6.82. The number of nitrogens with two attached hydrogens (primary N) is 1. The van der Waals surface area contributed by atoms with Crippen LogP contribution in [0.15, 0.2) is 18.2 Å². The van der Waals surface area contributed by atoms with Crippen LogP contribution in [0.1, 0.15) is 27.1 Å². The van der Waals surface area contributed by atoms with Crippen LogP contribution in [-0.2, 0) is 10.8 Å². The van der Waals surface area contributed by atoms with E-state index in [4.69, 9.17) is 5.73 Å². The molecule has 0 saturated heterocycles. The predicted molar refractivity (Wildman–Crippen MR) is 69.8 cm³/mol. The van der Waals surface area contributed by atoms with Crippen LogP contribution in [0.4, 0.5) is 5.69 Å². The molecule has 1 heterocycles. The van der Waals surface area contributed by atoms with Gasteiger partial charge in [-0.15, -0.1) is 0 Å². The van der Waals surface area contributed by atoms with Gasteiger partial charge in [0, 0.05) is 35.0 Å². The second-order valence-corrected chi connectivity index (χ2v) is 5.75. The highest BCUT2D eigenvalue weighted by atomic mass is 32.2. The first kappa shape index (κ1) is 12.8. The molecular formula is C12H14N2O3S. The molecule has 0 spiro atoms. The zero-order chi connectivity index (χ0) is 13.3. The Morgan fingerprint density at radius 2 is 1.89 bits per heavy atom. The average molecular weight is 266 g/mol. The molecule has 0 fully saturated rings. The lowest BCUT2D eigenvalue weighted by Crippen LogP contribution is -2.31. The van der Waals surface area contributed by atoms with Crippen LogP contribution in [0.25, 0.3) is 0 Å². The van der Waals surface area contributed by atoms with E-state index in [1.54, 1.807) is 18.4 Å². The largest absolute Gasteiger partial charge is 0.399 e. The van der Waals surface area contributed by atoms with E-state index in [0.717, 1.165) is 0 Å². The van der Waals surface area contributed by atoms with Crippen molar-refractivity contribution < 1.29 is 13.8 Å². The number of imide groups is 1. The van der Waals surface area contributed by atoms with Crippen molar-refractivity contribution >= 4 is 28.3 Å². The van der Waals surface area contributed by atoms with Crippen LogP contribution in [-0.4, -0.2) is 39.5 Å². The quantitative estimate of drug-likeness (QED) is 0.640. The molecule has 1 unspecified atom stereocenters. The Hall–Kier alpha value is -1.69. The van der Waals surface area contributed by atoms with Gasteiger partial charge < -0.3 is 5.73 Å². The summed E-state index contributed by atoms with van der Waals surface area (Å²) in [4.78, 5) is 25.2. The molecule has 1 aliphatic heterocycles. The molecule has 1 atom stereocenters. The first-order valence-corrected chi connectivity index (χ1v) is 7.29. The zero-order valence-electron chi connectivity index (χ0n) is 10.0. The molecule has 96 valence electrons. The number of amides is 2. The maximum absolute atomic E-state index is 12.0.